The lowest BCUT2D eigenvalue weighted by atomic mass is 10.2. The van der Waals surface area contributed by atoms with Crippen LogP contribution in [-0.2, 0) is 0 Å². The quantitative estimate of drug-likeness (QED) is 0.136. The largest absolute Gasteiger partial charge is 0.478 e. The highest BCUT2D eigenvalue weighted by atomic mass is 35.5. The fraction of sp³-hybridized carbons (Fsp3) is 0. The van der Waals surface area contributed by atoms with E-state index in [1.807, 2.05) is 48.7 Å². The Balaban J connectivity index is 0.000000121. The summed E-state index contributed by atoms with van der Waals surface area (Å²) in [5.74, 6) is -0.356. The molecule has 5 N–H and O–H groups in total. The van der Waals surface area contributed by atoms with Crippen molar-refractivity contribution in [2.24, 2.45) is 0 Å². The van der Waals surface area contributed by atoms with Crippen LogP contribution in [0.4, 0.5) is 0 Å². The van der Waals surface area contributed by atoms with Crippen molar-refractivity contribution in [1.82, 2.24) is 24.7 Å². The van der Waals surface area contributed by atoms with Gasteiger partial charge in [-0.25, -0.2) is 19.7 Å². The van der Waals surface area contributed by atoms with Gasteiger partial charge < -0.3 is 20.5 Å². The van der Waals surface area contributed by atoms with Crippen LogP contribution in [-0.4, -0.2) is 46.2 Å². The first-order valence-corrected chi connectivity index (χ1v) is 12.0. The molecule has 196 valence electrons. The zero-order chi connectivity index (χ0) is 27.6. The van der Waals surface area contributed by atoms with Gasteiger partial charge in [-0.1, -0.05) is 22.4 Å². The van der Waals surface area contributed by atoms with Crippen molar-refractivity contribution in [3.8, 4) is 11.4 Å². The van der Waals surface area contributed by atoms with Crippen molar-refractivity contribution in [1.29, 1.82) is 0 Å². The number of hydrogen-bond acceptors (Lipinski definition) is 5. The van der Waals surface area contributed by atoms with Crippen molar-refractivity contribution in [3.05, 3.63) is 127 Å². The highest BCUT2D eigenvalue weighted by Crippen LogP contribution is 2.16. The molecule has 0 unspecified atom stereocenters. The van der Waals surface area contributed by atoms with Crippen LogP contribution in [0.5, 0.6) is 0 Å². The van der Waals surface area contributed by atoms with Gasteiger partial charge in [0.2, 0.25) is 0 Å². The number of aromatic nitrogens is 6. The molecule has 11 heteroatoms. The molecular weight excluding hydrogens is 520 g/mol. The number of benzene rings is 1. The second kappa shape index (κ2) is 12.7. The molecule has 39 heavy (non-hydrogen) atoms. The third-order valence-electron chi connectivity index (χ3n) is 5.31. The third kappa shape index (κ3) is 7.12. The van der Waals surface area contributed by atoms with Crippen molar-refractivity contribution in [2.75, 3.05) is 0 Å². The molecule has 2 aliphatic rings. The molecule has 5 aromatic rings. The van der Waals surface area contributed by atoms with Gasteiger partial charge in [0.25, 0.3) is 0 Å². The summed E-state index contributed by atoms with van der Waals surface area (Å²) in [4.78, 5) is 24.2. The predicted octanol–water partition coefficient (Wildman–Crippen LogP) is 5.52. The van der Waals surface area contributed by atoms with Gasteiger partial charge in [-0.2, -0.15) is 4.73 Å². The Morgan fingerprint density at radius 1 is 0.872 bits per heavy atom. The summed E-state index contributed by atoms with van der Waals surface area (Å²) in [5.41, 5.74) is 2.84. The SMILES string of the molecule is O=C(O)c1cccc(Cl)c1.O[n+]1cccc2cc[nH]c21.On1cccc2ccnc1-2.c1cnc2[nH]ccc2c1. The molecule has 0 aliphatic carbocycles. The number of nitrogens with one attached hydrogen (secondary N) is 2. The molecule has 4 aromatic heterocycles. The fourth-order valence-corrected chi connectivity index (χ4v) is 3.66. The molecule has 0 bridgehead atoms. The first-order valence-electron chi connectivity index (χ1n) is 11.6. The van der Waals surface area contributed by atoms with Gasteiger partial charge in [-0.3, -0.25) is 0 Å². The van der Waals surface area contributed by atoms with Crippen LogP contribution >= 0.6 is 11.6 Å². The van der Waals surface area contributed by atoms with Gasteiger partial charge in [0.05, 0.1) is 17.1 Å². The van der Waals surface area contributed by atoms with Gasteiger partial charge in [0, 0.05) is 40.8 Å². The highest BCUT2D eigenvalue weighted by Gasteiger charge is 2.05. The van der Waals surface area contributed by atoms with E-state index in [1.165, 1.54) is 12.1 Å². The number of H-pyrrole nitrogens is 2. The molecule has 0 amide bonds. The van der Waals surface area contributed by atoms with Crippen LogP contribution < -0.4 is 4.73 Å². The van der Waals surface area contributed by atoms with Crippen molar-refractivity contribution >= 4 is 39.6 Å². The summed E-state index contributed by atoms with van der Waals surface area (Å²) in [6, 6.07) is 23.2. The van der Waals surface area contributed by atoms with Crippen molar-refractivity contribution in [3.63, 3.8) is 0 Å². The molecule has 6 heterocycles. The average molecular weight is 544 g/mol. The third-order valence-corrected chi connectivity index (χ3v) is 5.55. The Bertz CT molecular complexity index is 1730. The van der Waals surface area contributed by atoms with Crippen molar-refractivity contribution in [2.45, 2.75) is 0 Å². The molecular formula is C28H24ClN6O4+. The summed E-state index contributed by atoms with van der Waals surface area (Å²) >= 11 is 5.53. The Labute approximate surface area is 227 Å². The summed E-state index contributed by atoms with van der Waals surface area (Å²) < 4.78 is 2.07. The normalized spacial score (nSPS) is 10.1. The molecule has 0 fully saturated rings. The minimum absolute atomic E-state index is 0.215. The number of carboxylic acid groups (broad SMARTS) is 1. The second-order valence-electron chi connectivity index (χ2n) is 7.95. The van der Waals surface area contributed by atoms with E-state index >= 15 is 0 Å². The maximum atomic E-state index is 10.3. The Hall–Kier alpha value is -5.35. The molecule has 2 aliphatic heterocycles. The van der Waals surface area contributed by atoms with Crippen molar-refractivity contribution < 1.29 is 25.0 Å². The number of aromatic carboxylic acids is 1. The van der Waals surface area contributed by atoms with E-state index in [0.29, 0.717) is 10.8 Å². The van der Waals surface area contributed by atoms with Crippen LogP contribution in [0.25, 0.3) is 33.5 Å². The molecule has 0 saturated heterocycles. The summed E-state index contributed by atoms with van der Waals surface area (Å²) in [5, 5.41) is 29.3. The summed E-state index contributed by atoms with van der Waals surface area (Å²) in [7, 11) is 0. The fourth-order valence-electron chi connectivity index (χ4n) is 3.47. The molecule has 0 spiro atoms. The lowest BCUT2D eigenvalue weighted by molar-refractivity contribution is -0.885. The van der Waals surface area contributed by atoms with Gasteiger partial charge >= 0.3 is 11.6 Å². The number of rotatable bonds is 1. The van der Waals surface area contributed by atoms with Crippen LogP contribution in [0.3, 0.4) is 0 Å². The Kier molecular flexibility index (Phi) is 8.73. The minimum Gasteiger partial charge on any atom is -0.478 e. The molecule has 0 atom stereocenters. The van der Waals surface area contributed by atoms with E-state index in [2.05, 4.69) is 19.9 Å². The first kappa shape index (κ1) is 26.7. The van der Waals surface area contributed by atoms with E-state index in [9.17, 15) is 4.79 Å². The Morgan fingerprint density at radius 3 is 2.38 bits per heavy atom. The maximum absolute atomic E-state index is 10.3. The molecule has 1 aromatic carbocycles. The van der Waals surface area contributed by atoms with Gasteiger partial charge in [-0.15, -0.1) is 0 Å². The maximum Gasteiger partial charge on any atom is 0.335 e. The average Bonchev–Trinajstić information content (AvgIpc) is 3.71. The van der Waals surface area contributed by atoms with E-state index in [1.54, 1.807) is 55.2 Å². The number of carbonyl (C=O) groups is 1. The van der Waals surface area contributed by atoms with E-state index < -0.39 is 5.97 Å². The van der Waals surface area contributed by atoms with Crippen LogP contribution in [0, 0.1) is 0 Å². The van der Waals surface area contributed by atoms with Crippen LogP contribution in [0.1, 0.15) is 10.4 Å². The number of hydrogen-bond donors (Lipinski definition) is 5. The zero-order valence-electron chi connectivity index (χ0n) is 20.4. The molecule has 0 radical (unpaired) electrons. The summed E-state index contributed by atoms with van der Waals surface area (Å²) in [6.45, 7) is 0. The molecule has 10 nitrogen and oxygen atoms in total. The Morgan fingerprint density at radius 2 is 1.67 bits per heavy atom. The number of fused-ring (bicyclic) bond motifs is 3. The van der Waals surface area contributed by atoms with Gasteiger partial charge in [-0.05, 0) is 72.8 Å². The number of carboxylic acids is 1. The molecule has 0 saturated carbocycles. The van der Waals surface area contributed by atoms with E-state index in [4.69, 9.17) is 27.1 Å². The topological polar surface area (TPSA) is 144 Å². The predicted molar refractivity (Wildman–Crippen MR) is 146 cm³/mol. The van der Waals surface area contributed by atoms with Crippen LogP contribution in [0.15, 0.2) is 116 Å². The summed E-state index contributed by atoms with van der Waals surface area (Å²) in [6.07, 6.45) is 10.2. The number of nitrogens with zero attached hydrogens (tertiary/aromatic N) is 4. The monoisotopic (exact) mass is 543 g/mol. The first-order chi connectivity index (χ1) is 18.9. The second-order valence-corrected chi connectivity index (χ2v) is 8.38. The van der Waals surface area contributed by atoms with Gasteiger partial charge in [0.15, 0.2) is 5.82 Å². The lowest BCUT2D eigenvalue weighted by Gasteiger charge is -2.00. The minimum atomic E-state index is -0.956. The smallest absolute Gasteiger partial charge is 0.335 e. The van der Waals surface area contributed by atoms with Crippen LogP contribution in [0.2, 0.25) is 5.02 Å². The zero-order valence-corrected chi connectivity index (χ0v) is 21.1. The standard InChI is InChI=1S/C7H5ClO2.2C7H6N2O.C7H6N2/c8-6-3-1-2-5(4-6)7(9)10;2*10-9-5-1-2-6-3-4-8-7(6)9;1-2-6-3-5-9-7(6)8-4-1/h1-4H,(H,9,10);2*1-5,10H;1-5H,(H,8,9)/p+1. The lowest BCUT2D eigenvalue weighted by Crippen LogP contribution is -2.29. The van der Waals surface area contributed by atoms with E-state index in [-0.39, 0.29) is 5.56 Å². The highest BCUT2D eigenvalue weighted by molar-refractivity contribution is 6.30. The number of halogens is 1. The number of pyridine rings is 3. The number of aromatic amines is 2. The van der Waals surface area contributed by atoms with Gasteiger partial charge in [0.1, 0.15) is 11.8 Å². The van der Waals surface area contributed by atoms with E-state index in [0.717, 1.165) is 37.1 Å². The molecule has 7 rings (SSSR count).